The Kier molecular flexibility index (Phi) is 3.93. The molecule has 0 unspecified atom stereocenters. The van der Waals surface area contributed by atoms with Gasteiger partial charge in [0.2, 0.25) is 0 Å². The molecule has 4 nitrogen and oxygen atoms in total. The Balaban J connectivity index is 1.99. The van der Waals surface area contributed by atoms with E-state index in [4.69, 9.17) is 0 Å². The minimum atomic E-state index is -0.881. The Bertz CT molecular complexity index is 672. The maximum atomic E-state index is 11.2. The topological polar surface area (TPSA) is 55.1 Å². The van der Waals surface area contributed by atoms with Gasteiger partial charge in [0.1, 0.15) is 5.82 Å². The van der Waals surface area contributed by atoms with Crippen LogP contribution in [0.5, 0.6) is 0 Å². The van der Waals surface area contributed by atoms with Gasteiger partial charge in [-0.25, -0.2) is 9.78 Å². The molecule has 1 heterocycles. The number of fused-ring (bicyclic) bond motifs is 1. The predicted octanol–water partition coefficient (Wildman–Crippen LogP) is 3.89. The highest BCUT2D eigenvalue weighted by molar-refractivity contribution is 7.99. The van der Waals surface area contributed by atoms with Crippen LogP contribution in [0, 0.1) is 6.92 Å². The van der Waals surface area contributed by atoms with Crippen molar-refractivity contribution in [1.29, 1.82) is 0 Å². The van der Waals surface area contributed by atoms with Crippen molar-refractivity contribution >= 4 is 28.8 Å². The number of aromatic nitrogens is 2. The third-order valence-electron chi connectivity index (χ3n) is 4.46. The lowest BCUT2D eigenvalue weighted by molar-refractivity contribution is 0.0697. The molecule has 0 saturated heterocycles. The Hall–Kier alpha value is -1.49. The predicted molar refractivity (Wildman–Crippen MR) is 86.2 cm³/mol. The number of carbonyl (C=O) groups is 1. The Morgan fingerprint density at radius 3 is 2.67 bits per heavy atom. The Morgan fingerprint density at radius 2 is 2.05 bits per heavy atom. The molecule has 0 atom stereocenters. The van der Waals surface area contributed by atoms with E-state index < -0.39 is 5.97 Å². The highest BCUT2D eigenvalue weighted by Gasteiger charge is 2.24. The van der Waals surface area contributed by atoms with Crippen LogP contribution in [0.25, 0.3) is 11.0 Å². The fourth-order valence-electron chi connectivity index (χ4n) is 3.35. The Morgan fingerprint density at radius 1 is 1.33 bits per heavy atom. The zero-order valence-electron chi connectivity index (χ0n) is 12.4. The van der Waals surface area contributed by atoms with Crippen molar-refractivity contribution in [2.45, 2.75) is 43.9 Å². The second kappa shape index (κ2) is 5.72. The molecule has 1 aliphatic carbocycles. The minimum Gasteiger partial charge on any atom is -0.478 e. The van der Waals surface area contributed by atoms with E-state index in [0.29, 0.717) is 11.6 Å². The van der Waals surface area contributed by atoms with Crippen LogP contribution in [0.3, 0.4) is 0 Å². The van der Waals surface area contributed by atoms with E-state index in [-0.39, 0.29) is 0 Å². The standard InChI is InChI=1S/C16H20N2O2S/c1-10-17-14-8-3-11(16(19)20)9-15(14)18(10)12-4-6-13(21-2)7-5-12/h3,8-9,12-13H,4-7H2,1-2H3,(H,19,20). The van der Waals surface area contributed by atoms with Gasteiger partial charge in [0.05, 0.1) is 16.6 Å². The molecule has 1 fully saturated rings. The van der Waals surface area contributed by atoms with Crippen molar-refractivity contribution in [3.63, 3.8) is 0 Å². The number of carboxylic acid groups (broad SMARTS) is 1. The Labute approximate surface area is 128 Å². The molecule has 0 spiro atoms. The van der Waals surface area contributed by atoms with E-state index >= 15 is 0 Å². The summed E-state index contributed by atoms with van der Waals surface area (Å²) in [6, 6.07) is 5.66. The van der Waals surface area contributed by atoms with Gasteiger partial charge in [-0.1, -0.05) is 0 Å². The second-order valence-electron chi connectivity index (χ2n) is 5.70. The number of benzene rings is 1. The van der Waals surface area contributed by atoms with Gasteiger partial charge < -0.3 is 9.67 Å². The van der Waals surface area contributed by atoms with E-state index in [1.54, 1.807) is 12.1 Å². The molecule has 3 rings (SSSR count). The van der Waals surface area contributed by atoms with Gasteiger partial charge in [-0.3, -0.25) is 0 Å². The molecular formula is C16H20N2O2S. The fourth-order valence-corrected chi connectivity index (χ4v) is 4.09. The van der Waals surface area contributed by atoms with Crippen LogP contribution in [0.4, 0.5) is 0 Å². The van der Waals surface area contributed by atoms with E-state index in [1.165, 1.54) is 12.8 Å². The number of rotatable bonds is 3. The zero-order chi connectivity index (χ0) is 15.0. The number of carboxylic acids is 1. The highest BCUT2D eigenvalue weighted by Crippen LogP contribution is 2.36. The normalized spacial score (nSPS) is 22.6. The summed E-state index contributed by atoms with van der Waals surface area (Å²) >= 11 is 1.96. The summed E-state index contributed by atoms with van der Waals surface area (Å²) in [5.74, 6) is 0.105. The van der Waals surface area contributed by atoms with Gasteiger partial charge in [0.15, 0.2) is 0 Å². The van der Waals surface area contributed by atoms with Gasteiger partial charge in [0, 0.05) is 11.3 Å². The third-order valence-corrected chi connectivity index (χ3v) is 5.59. The number of aromatic carboxylic acids is 1. The lowest BCUT2D eigenvalue weighted by Gasteiger charge is -2.29. The summed E-state index contributed by atoms with van der Waals surface area (Å²) in [4.78, 5) is 15.8. The zero-order valence-corrected chi connectivity index (χ0v) is 13.2. The number of nitrogens with zero attached hydrogens (tertiary/aromatic N) is 2. The minimum absolute atomic E-state index is 0.335. The summed E-state index contributed by atoms with van der Waals surface area (Å²) in [6.07, 6.45) is 6.93. The van der Waals surface area contributed by atoms with Crippen molar-refractivity contribution in [2.24, 2.45) is 0 Å². The fraction of sp³-hybridized carbons (Fsp3) is 0.500. The smallest absolute Gasteiger partial charge is 0.335 e. The van der Waals surface area contributed by atoms with Crippen LogP contribution in [-0.4, -0.2) is 32.1 Å². The molecule has 0 aliphatic heterocycles. The lowest BCUT2D eigenvalue weighted by atomic mass is 9.94. The van der Waals surface area contributed by atoms with Crippen LogP contribution in [0.2, 0.25) is 0 Å². The van der Waals surface area contributed by atoms with Gasteiger partial charge in [-0.2, -0.15) is 11.8 Å². The highest BCUT2D eigenvalue weighted by atomic mass is 32.2. The monoisotopic (exact) mass is 304 g/mol. The van der Waals surface area contributed by atoms with Crippen LogP contribution in [-0.2, 0) is 0 Å². The van der Waals surface area contributed by atoms with Crippen molar-refractivity contribution < 1.29 is 9.90 Å². The molecule has 0 amide bonds. The van der Waals surface area contributed by atoms with Crippen molar-refractivity contribution in [2.75, 3.05) is 6.26 Å². The van der Waals surface area contributed by atoms with Crippen molar-refractivity contribution in [3.8, 4) is 0 Å². The summed E-state index contributed by atoms with van der Waals surface area (Å²) in [7, 11) is 0. The van der Waals surface area contributed by atoms with Crippen LogP contribution in [0.1, 0.15) is 47.9 Å². The average Bonchev–Trinajstić information content (AvgIpc) is 2.82. The largest absolute Gasteiger partial charge is 0.478 e. The summed E-state index contributed by atoms with van der Waals surface area (Å²) in [5, 5.41) is 9.96. The second-order valence-corrected chi connectivity index (χ2v) is 6.84. The maximum absolute atomic E-state index is 11.2. The van der Waals surface area contributed by atoms with Gasteiger partial charge in [-0.15, -0.1) is 0 Å². The van der Waals surface area contributed by atoms with Crippen LogP contribution >= 0.6 is 11.8 Å². The summed E-state index contributed by atoms with van der Waals surface area (Å²) in [5.41, 5.74) is 2.19. The quantitative estimate of drug-likeness (QED) is 0.934. The number of imidazole rings is 1. The first kappa shape index (κ1) is 14.4. The molecule has 1 saturated carbocycles. The van der Waals surface area contributed by atoms with E-state index in [1.807, 2.05) is 24.8 Å². The van der Waals surface area contributed by atoms with Gasteiger partial charge in [0.25, 0.3) is 0 Å². The van der Waals surface area contributed by atoms with Crippen LogP contribution < -0.4 is 0 Å². The molecule has 1 N–H and O–H groups in total. The first-order valence-electron chi connectivity index (χ1n) is 7.35. The first-order valence-corrected chi connectivity index (χ1v) is 8.63. The average molecular weight is 304 g/mol. The molecule has 21 heavy (non-hydrogen) atoms. The first-order chi connectivity index (χ1) is 10.1. The summed E-state index contributed by atoms with van der Waals surface area (Å²) in [6.45, 7) is 2.01. The number of aryl methyl sites for hydroxylation is 1. The van der Waals surface area contributed by atoms with E-state index in [2.05, 4.69) is 15.8 Å². The molecule has 1 aromatic heterocycles. The van der Waals surface area contributed by atoms with Gasteiger partial charge >= 0.3 is 5.97 Å². The molecule has 1 aromatic carbocycles. The molecule has 5 heteroatoms. The van der Waals surface area contributed by atoms with Crippen molar-refractivity contribution in [3.05, 3.63) is 29.6 Å². The molecule has 2 aromatic rings. The molecular weight excluding hydrogens is 284 g/mol. The molecule has 0 radical (unpaired) electrons. The van der Waals surface area contributed by atoms with E-state index in [0.717, 1.165) is 34.9 Å². The van der Waals surface area contributed by atoms with Crippen LogP contribution in [0.15, 0.2) is 18.2 Å². The number of hydrogen-bond acceptors (Lipinski definition) is 3. The third kappa shape index (κ3) is 2.67. The van der Waals surface area contributed by atoms with Crippen molar-refractivity contribution in [1.82, 2.24) is 9.55 Å². The molecule has 112 valence electrons. The maximum Gasteiger partial charge on any atom is 0.335 e. The number of thioether (sulfide) groups is 1. The molecule has 1 aliphatic rings. The molecule has 0 bridgehead atoms. The SMILES string of the molecule is CSC1CCC(n2c(C)nc3ccc(C(=O)O)cc32)CC1. The summed E-state index contributed by atoms with van der Waals surface area (Å²) < 4.78 is 2.25. The van der Waals surface area contributed by atoms with E-state index in [9.17, 15) is 9.90 Å². The lowest BCUT2D eigenvalue weighted by Crippen LogP contribution is -2.20. The van der Waals surface area contributed by atoms with Gasteiger partial charge in [-0.05, 0) is 57.1 Å². The number of hydrogen-bond donors (Lipinski definition) is 1.